The summed E-state index contributed by atoms with van der Waals surface area (Å²) in [5.74, 6) is 0.621. The van der Waals surface area contributed by atoms with Crippen LogP contribution in [0.15, 0.2) is 53.2 Å². The lowest BCUT2D eigenvalue weighted by atomic mass is 10.0. The quantitative estimate of drug-likeness (QED) is 0.642. The molecule has 4 nitrogen and oxygen atoms in total. The summed E-state index contributed by atoms with van der Waals surface area (Å²) in [6.07, 6.45) is 1.77. The number of rotatable bonds is 3. The summed E-state index contributed by atoms with van der Waals surface area (Å²) >= 11 is 0. The standard InChI is InChI=1S/C19H17NO3/c1-12-4-5-13(2)15(10-12)11-17-19(21)23-18(20-17)14-6-8-16(22-3)9-7-14/h4-11H,1-3H3/b17-11-. The Balaban J connectivity index is 1.94. The van der Waals surface area contributed by atoms with E-state index in [0.717, 1.165) is 28.0 Å². The molecule has 3 rings (SSSR count). The van der Waals surface area contributed by atoms with Crippen LogP contribution in [-0.2, 0) is 9.53 Å². The first-order valence-corrected chi connectivity index (χ1v) is 7.31. The van der Waals surface area contributed by atoms with Crippen LogP contribution in [0.5, 0.6) is 5.75 Å². The van der Waals surface area contributed by atoms with Crippen molar-refractivity contribution in [3.05, 3.63) is 70.4 Å². The zero-order chi connectivity index (χ0) is 16.4. The average Bonchev–Trinajstić information content (AvgIpc) is 2.92. The molecule has 0 radical (unpaired) electrons. The van der Waals surface area contributed by atoms with Gasteiger partial charge in [0.2, 0.25) is 5.90 Å². The number of carbonyl (C=O) groups excluding carboxylic acids is 1. The number of aryl methyl sites for hydroxylation is 2. The van der Waals surface area contributed by atoms with E-state index in [0.29, 0.717) is 11.6 Å². The fourth-order valence-electron chi connectivity index (χ4n) is 2.33. The van der Waals surface area contributed by atoms with Crippen molar-refractivity contribution < 1.29 is 14.3 Å². The molecule has 2 aromatic rings. The van der Waals surface area contributed by atoms with E-state index in [1.54, 1.807) is 25.3 Å². The number of methoxy groups -OCH3 is 1. The summed E-state index contributed by atoms with van der Waals surface area (Å²) in [4.78, 5) is 16.4. The van der Waals surface area contributed by atoms with E-state index >= 15 is 0 Å². The fourth-order valence-corrected chi connectivity index (χ4v) is 2.33. The summed E-state index contributed by atoms with van der Waals surface area (Å²) in [6.45, 7) is 4.01. The van der Waals surface area contributed by atoms with Crippen molar-refractivity contribution in [1.82, 2.24) is 0 Å². The summed E-state index contributed by atoms with van der Waals surface area (Å²) in [5.41, 5.74) is 4.24. The van der Waals surface area contributed by atoms with Crippen LogP contribution < -0.4 is 4.74 Å². The SMILES string of the molecule is COc1ccc(C2=N/C(=C\c3cc(C)ccc3C)C(=O)O2)cc1. The number of nitrogens with zero attached hydrogens (tertiary/aromatic N) is 1. The van der Waals surface area contributed by atoms with E-state index in [2.05, 4.69) is 4.99 Å². The summed E-state index contributed by atoms with van der Waals surface area (Å²) < 4.78 is 10.4. The van der Waals surface area contributed by atoms with Gasteiger partial charge in [-0.1, -0.05) is 23.8 Å². The normalized spacial score (nSPS) is 15.5. The van der Waals surface area contributed by atoms with Crippen LogP contribution in [0.3, 0.4) is 0 Å². The van der Waals surface area contributed by atoms with Gasteiger partial charge in [-0.2, -0.15) is 0 Å². The first-order valence-electron chi connectivity index (χ1n) is 7.31. The molecule has 0 unspecified atom stereocenters. The number of cyclic esters (lactones) is 1. The highest BCUT2D eigenvalue weighted by Crippen LogP contribution is 2.22. The van der Waals surface area contributed by atoms with E-state index in [9.17, 15) is 4.79 Å². The Labute approximate surface area is 135 Å². The second-order valence-corrected chi connectivity index (χ2v) is 5.42. The Morgan fingerprint density at radius 1 is 1.09 bits per heavy atom. The molecule has 1 aliphatic heterocycles. The molecule has 0 atom stereocenters. The molecule has 0 aromatic heterocycles. The van der Waals surface area contributed by atoms with Crippen molar-refractivity contribution in [2.24, 2.45) is 4.99 Å². The van der Waals surface area contributed by atoms with Crippen molar-refractivity contribution in [2.45, 2.75) is 13.8 Å². The van der Waals surface area contributed by atoms with Gasteiger partial charge >= 0.3 is 5.97 Å². The summed E-state index contributed by atoms with van der Waals surface area (Å²) in [6, 6.07) is 13.3. The van der Waals surface area contributed by atoms with Crippen LogP contribution in [0.25, 0.3) is 6.08 Å². The number of hydrogen-bond donors (Lipinski definition) is 0. The third kappa shape index (κ3) is 3.16. The molecule has 0 bridgehead atoms. The predicted octanol–water partition coefficient (Wildman–Crippen LogP) is 3.66. The van der Waals surface area contributed by atoms with Crippen molar-refractivity contribution in [1.29, 1.82) is 0 Å². The second kappa shape index (κ2) is 6.08. The van der Waals surface area contributed by atoms with Crippen LogP contribution in [0.4, 0.5) is 0 Å². The molecule has 23 heavy (non-hydrogen) atoms. The third-order valence-corrected chi connectivity index (χ3v) is 3.68. The second-order valence-electron chi connectivity index (χ2n) is 5.42. The van der Waals surface area contributed by atoms with Gasteiger partial charge in [0.25, 0.3) is 0 Å². The first kappa shape index (κ1) is 15.0. The smallest absolute Gasteiger partial charge is 0.363 e. The van der Waals surface area contributed by atoms with E-state index < -0.39 is 5.97 Å². The van der Waals surface area contributed by atoms with Crippen LogP contribution >= 0.6 is 0 Å². The highest BCUT2D eigenvalue weighted by atomic mass is 16.6. The van der Waals surface area contributed by atoms with Crippen molar-refractivity contribution >= 4 is 17.9 Å². The Hall–Kier alpha value is -2.88. The molecule has 4 heteroatoms. The Kier molecular flexibility index (Phi) is 3.98. The van der Waals surface area contributed by atoms with Gasteiger partial charge < -0.3 is 9.47 Å². The van der Waals surface area contributed by atoms with Crippen molar-refractivity contribution in [2.75, 3.05) is 7.11 Å². The van der Waals surface area contributed by atoms with Crippen LogP contribution in [-0.4, -0.2) is 19.0 Å². The van der Waals surface area contributed by atoms with Crippen molar-refractivity contribution in [3.8, 4) is 5.75 Å². The van der Waals surface area contributed by atoms with E-state index in [1.165, 1.54) is 0 Å². The maximum Gasteiger partial charge on any atom is 0.363 e. The monoisotopic (exact) mass is 307 g/mol. The van der Waals surface area contributed by atoms with Gasteiger partial charge in [-0.15, -0.1) is 0 Å². The lowest BCUT2D eigenvalue weighted by molar-refractivity contribution is -0.129. The Morgan fingerprint density at radius 2 is 1.83 bits per heavy atom. The lowest BCUT2D eigenvalue weighted by Crippen LogP contribution is -2.05. The van der Waals surface area contributed by atoms with Crippen LogP contribution in [0, 0.1) is 13.8 Å². The molecule has 1 aliphatic rings. The molecule has 0 saturated carbocycles. The minimum Gasteiger partial charge on any atom is -0.497 e. The number of ether oxygens (including phenoxy) is 2. The molecule has 116 valence electrons. The molecule has 0 fully saturated rings. The first-order chi connectivity index (χ1) is 11.1. The molecule has 1 heterocycles. The zero-order valence-electron chi connectivity index (χ0n) is 13.3. The van der Waals surface area contributed by atoms with Gasteiger partial charge in [-0.3, -0.25) is 0 Å². The van der Waals surface area contributed by atoms with Gasteiger partial charge in [-0.25, -0.2) is 9.79 Å². The molecular weight excluding hydrogens is 290 g/mol. The number of hydrogen-bond acceptors (Lipinski definition) is 4. The van der Waals surface area contributed by atoms with Gasteiger partial charge in [0.15, 0.2) is 5.70 Å². The Morgan fingerprint density at radius 3 is 2.52 bits per heavy atom. The van der Waals surface area contributed by atoms with Gasteiger partial charge in [0.05, 0.1) is 7.11 Å². The highest BCUT2D eigenvalue weighted by molar-refractivity contribution is 6.12. The maximum absolute atomic E-state index is 12.1. The van der Waals surface area contributed by atoms with E-state index in [4.69, 9.17) is 9.47 Å². The molecule has 2 aromatic carbocycles. The average molecular weight is 307 g/mol. The maximum atomic E-state index is 12.1. The van der Waals surface area contributed by atoms with Crippen LogP contribution in [0.2, 0.25) is 0 Å². The van der Waals surface area contributed by atoms with E-state index in [-0.39, 0.29) is 0 Å². The number of benzene rings is 2. The zero-order valence-corrected chi connectivity index (χ0v) is 13.3. The number of esters is 1. The number of carbonyl (C=O) groups is 1. The predicted molar refractivity (Wildman–Crippen MR) is 89.5 cm³/mol. The summed E-state index contributed by atoms with van der Waals surface area (Å²) in [7, 11) is 1.60. The van der Waals surface area contributed by atoms with Crippen LogP contribution in [0.1, 0.15) is 22.3 Å². The molecular formula is C19H17NO3. The molecule has 0 N–H and O–H groups in total. The largest absolute Gasteiger partial charge is 0.497 e. The minimum atomic E-state index is -0.434. The molecule has 0 aliphatic carbocycles. The van der Waals surface area contributed by atoms with Gasteiger partial charge in [0, 0.05) is 5.56 Å². The fraction of sp³-hybridized carbons (Fsp3) is 0.158. The number of aliphatic imine (C=N–C) groups is 1. The highest BCUT2D eigenvalue weighted by Gasteiger charge is 2.24. The van der Waals surface area contributed by atoms with E-state index in [1.807, 2.05) is 44.2 Å². The Bertz CT molecular complexity index is 817. The topological polar surface area (TPSA) is 47.9 Å². The van der Waals surface area contributed by atoms with Crippen molar-refractivity contribution in [3.63, 3.8) is 0 Å². The lowest BCUT2D eigenvalue weighted by Gasteiger charge is -2.01. The molecule has 0 amide bonds. The summed E-state index contributed by atoms with van der Waals surface area (Å²) in [5, 5.41) is 0. The molecule has 0 saturated heterocycles. The van der Waals surface area contributed by atoms with Gasteiger partial charge in [0.1, 0.15) is 5.75 Å². The molecule has 0 spiro atoms. The third-order valence-electron chi connectivity index (χ3n) is 3.68. The minimum absolute atomic E-state index is 0.310. The van der Waals surface area contributed by atoms with Gasteiger partial charge in [-0.05, 0) is 55.3 Å².